The van der Waals surface area contributed by atoms with E-state index in [0.29, 0.717) is 13.1 Å². The molecule has 0 bridgehead atoms. The van der Waals surface area contributed by atoms with Gasteiger partial charge in [0.15, 0.2) is 0 Å². The summed E-state index contributed by atoms with van der Waals surface area (Å²) in [6.07, 6.45) is 2.17. The lowest BCUT2D eigenvalue weighted by atomic mass is 10.2. The van der Waals surface area contributed by atoms with Crippen LogP contribution in [0.25, 0.3) is 0 Å². The number of ether oxygens (including phenoxy) is 1. The molecule has 0 saturated carbocycles. The molecular formula is C21H28N2O2. The zero-order chi connectivity index (χ0) is 17.9. The summed E-state index contributed by atoms with van der Waals surface area (Å²) in [7, 11) is 1.95. The summed E-state index contributed by atoms with van der Waals surface area (Å²) in [6, 6.07) is 18.1. The number of hydrogen-bond acceptors (Lipinski definition) is 3. The smallest absolute Gasteiger partial charge is 0.234 e. The molecule has 25 heavy (non-hydrogen) atoms. The van der Waals surface area contributed by atoms with Crippen LogP contribution in [0.15, 0.2) is 54.6 Å². The van der Waals surface area contributed by atoms with Gasteiger partial charge in [0, 0.05) is 13.1 Å². The summed E-state index contributed by atoms with van der Waals surface area (Å²) in [5, 5.41) is 2.97. The van der Waals surface area contributed by atoms with Gasteiger partial charge in [-0.25, -0.2) is 0 Å². The first-order valence-corrected chi connectivity index (χ1v) is 8.88. The molecule has 2 aromatic rings. The Morgan fingerprint density at radius 1 is 1.08 bits per heavy atom. The molecule has 0 aromatic heterocycles. The zero-order valence-corrected chi connectivity index (χ0v) is 15.2. The number of benzene rings is 2. The minimum atomic E-state index is 0.0238. The summed E-state index contributed by atoms with van der Waals surface area (Å²) in [5.74, 6) is 0.886. The van der Waals surface area contributed by atoms with Crippen LogP contribution < -0.4 is 10.1 Å². The molecule has 0 atom stereocenters. The van der Waals surface area contributed by atoms with E-state index in [0.717, 1.165) is 37.3 Å². The third-order valence-electron chi connectivity index (χ3n) is 3.86. The Kier molecular flexibility index (Phi) is 7.99. The van der Waals surface area contributed by atoms with Crippen LogP contribution in [0.3, 0.4) is 0 Å². The molecule has 0 aliphatic rings. The van der Waals surface area contributed by atoms with Crippen molar-refractivity contribution in [2.45, 2.75) is 32.9 Å². The van der Waals surface area contributed by atoms with Crippen molar-refractivity contribution >= 4 is 5.91 Å². The van der Waals surface area contributed by atoms with Gasteiger partial charge in [-0.3, -0.25) is 9.69 Å². The maximum absolute atomic E-state index is 12.1. The second-order valence-corrected chi connectivity index (χ2v) is 6.28. The van der Waals surface area contributed by atoms with Crippen molar-refractivity contribution in [3.63, 3.8) is 0 Å². The van der Waals surface area contributed by atoms with Crippen molar-refractivity contribution in [2.75, 3.05) is 20.2 Å². The molecule has 2 rings (SSSR count). The van der Waals surface area contributed by atoms with E-state index < -0.39 is 0 Å². The van der Waals surface area contributed by atoms with Gasteiger partial charge in [-0.1, -0.05) is 55.8 Å². The van der Waals surface area contributed by atoms with Crippen molar-refractivity contribution in [1.29, 1.82) is 0 Å². The van der Waals surface area contributed by atoms with Crippen molar-refractivity contribution in [1.82, 2.24) is 10.2 Å². The van der Waals surface area contributed by atoms with Crippen LogP contribution in [-0.2, 0) is 17.9 Å². The van der Waals surface area contributed by atoms with Crippen molar-refractivity contribution in [3.05, 3.63) is 65.7 Å². The largest absolute Gasteiger partial charge is 0.494 e. The van der Waals surface area contributed by atoms with Crippen LogP contribution in [0, 0.1) is 0 Å². The lowest BCUT2D eigenvalue weighted by Gasteiger charge is -2.16. The average molecular weight is 340 g/mol. The number of hydrogen-bond donors (Lipinski definition) is 1. The van der Waals surface area contributed by atoms with Crippen LogP contribution in [0.5, 0.6) is 5.75 Å². The summed E-state index contributed by atoms with van der Waals surface area (Å²) < 4.78 is 5.70. The van der Waals surface area contributed by atoms with E-state index in [9.17, 15) is 4.79 Å². The summed E-state index contributed by atoms with van der Waals surface area (Å²) in [5.41, 5.74) is 2.25. The quantitative estimate of drug-likeness (QED) is 0.672. The van der Waals surface area contributed by atoms with Gasteiger partial charge in [0.25, 0.3) is 0 Å². The summed E-state index contributed by atoms with van der Waals surface area (Å²) >= 11 is 0. The standard InChI is InChI=1S/C21H28N2O2/c1-3-4-13-25-20-12-8-11-19(14-20)15-22-21(24)17-23(2)16-18-9-6-5-7-10-18/h5-12,14H,3-4,13,15-17H2,1-2H3,(H,22,24). The van der Waals surface area contributed by atoms with Gasteiger partial charge in [-0.15, -0.1) is 0 Å². The van der Waals surface area contributed by atoms with Crippen molar-refractivity contribution < 1.29 is 9.53 Å². The Bertz CT molecular complexity index is 643. The molecule has 1 N–H and O–H groups in total. The fraction of sp³-hybridized carbons (Fsp3) is 0.381. The SMILES string of the molecule is CCCCOc1cccc(CNC(=O)CN(C)Cc2ccccc2)c1. The predicted octanol–water partition coefficient (Wildman–Crippen LogP) is 3.61. The van der Waals surface area contributed by atoms with Gasteiger partial charge in [-0.2, -0.15) is 0 Å². The number of rotatable bonds is 10. The van der Waals surface area contributed by atoms with Crippen LogP contribution in [0.1, 0.15) is 30.9 Å². The number of carbonyl (C=O) groups excluding carboxylic acids is 1. The number of carbonyl (C=O) groups is 1. The monoisotopic (exact) mass is 340 g/mol. The van der Waals surface area contributed by atoms with E-state index in [2.05, 4.69) is 24.4 Å². The molecule has 0 unspecified atom stereocenters. The van der Waals surface area contributed by atoms with Crippen LogP contribution in [0.2, 0.25) is 0 Å². The van der Waals surface area contributed by atoms with Gasteiger partial charge in [0.05, 0.1) is 13.2 Å². The van der Waals surface area contributed by atoms with Crippen molar-refractivity contribution in [3.8, 4) is 5.75 Å². The van der Waals surface area contributed by atoms with Gasteiger partial charge in [0.2, 0.25) is 5.91 Å². The van der Waals surface area contributed by atoms with E-state index in [-0.39, 0.29) is 5.91 Å². The Morgan fingerprint density at radius 2 is 1.84 bits per heavy atom. The zero-order valence-electron chi connectivity index (χ0n) is 15.2. The molecule has 0 aliphatic carbocycles. The second kappa shape index (κ2) is 10.5. The highest BCUT2D eigenvalue weighted by Gasteiger charge is 2.07. The molecule has 134 valence electrons. The molecule has 0 heterocycles. The molecule has 2 aromatic carbocycles. The third kappa shape index (κ3) is 7.40. The average Bonchev–Trinajstić information content (AvgIpc) is 2.61. The highest BCUT2D eigenvalue weighted by atomic mass is 16.5. The lowest BCUT2D eigenvalue weighted by molar-refractivity contribution is -0.122. The topological polar surface area (TPSA) is 41.6 Å². The fourth-order valence-corrected chi connectivity index (χ4v) is 2.53. The predicted molar refractivity (Wildman–Crippen MR) is 101 cm³/mol. The summed E-state index contributed by atoms with van der Waals surface area (Å²) in [6.45, 7) is 4.53. The third-order valence-corrected chi connectivity index (χ3v) is 3.86. The van der Waals surface area contributed by atoms with E-state index >= 15 is 0 Å². The fourth-order valence-electron chi connectivity index (χ4n) is 2.53. The molecule has 1 amide bonds. The minimum absolute atomic E-state index is 0.0238. The Labute approximate surface area is 150 Å². The minimum Gasteiger partial charge on any atom is -0.494 e. The normalized spacial score (nSPS) is 10.7. The van der Waals surface area contributed by atoms with E-state index in [4.69, 9.17) is 4.74 Å². The molecule has 4 nitrogen and oxygen atoms in total. The maximum Gasteiger partial charge on any atom is 0.234 e. The molecule has 4 heteroatoms. The first-order valence-electron chi connectivity index (χ1n) is 8.88. The molecule has 0 spiro atoms. The molecular weight excluding hydrogens is 312 g/mol. The number of nitrogens with zero attached hydrogens (tertiary/aromatic N) is 1. The van der Waals surface area contributed by atoms with Crippen LogP contribution in [-0.4, -0.2) is 31.0 Å². The van der Waals surface area contributed by atoms with Gasteiger partial charge >= 0.3 is 0 Å². The number of unbranched alkanes of at least 4 members (excludes halogenated alkanes) is 1. The van der Waals surface area contributed by atoms with Gasteiger partial charge in [0.1, 0.15) is 5.75 Å². The Hall–Kier alpha value is -2.33. The molecule has 0 fully saturated rings. The van der Waals surface area contributed by atoms with Crippen LogP contribution in [0.4, 0.5) is 0 Å². The Balaban J connectivity index is 1.74. The first kappa shape index (κ1) is 19.0. The number of amides is 1. The molecule has 0 aliphatic heterocycles. The van der Waals surface area contributed by atoms with Crippen LogP contribution >= 0.6 is 0 Å². The van der Waals surface area contributed by atoms with E-state index in [1.165, 1.54) is 5.56 Å². The van der Waals surface area contributed by atoms with Gasteiger partial charge < -0.3 is 10.1 Å². The highest BCUT2D eigenvalue weighted by molar-refractivity contribution is 5.77. The Morgan fingerprint density at radius 3 is 2.60 bits per heavy atom. The number of likely N-dealkylation sites (N-methyl/N-ethyl adjacent to an activating group) is 1. The summed E-state index contributed by atoms with van der Waals surface area (Å²) in [4.78, 5) is 14.1. The van der Waals surface area contributed by atoms with Gasteiger partial charge in [-0.05, 0) is 36.7 Å². The lowest BCUT2D eigenvalue weighted by Crippen LogP contribution is -2.34. The second-order valence-electron chi connectivity index (χ2n) is 6.28. The highest BCUT2D eigenvalue weighted by Crippen LogP contribution is 2.13. The van der Waals surface area contributed by atoms with Crippen molar-refractivity contribution in [2.24, 2.45) is 0 Å². The molecule has 0 saturated heterocycles. The maximum atomic E-state index is 12.1. The van der Waals surface area contributed by atoms with E-state index in [1.807, 2.05) is 54.4 Å². The number of nitrogens with one attached hydrogen (secondary N) is 1. The first-order chi connectivity index (χ1) is 12.2. The van der Waals surface area contributed by atoms with E-state index in [1.54, 1.807) is 0 Å². The molecule has 0 radical (unpaired) electrons.